The van der Waals surface area contributed by atoms with Crippen molar-refractivity contribution in [1.82, 2.24) is 0 Å². The summed E-state index contributed by atoms with van der Waals surface area (Å²) in [5, 5.41) is 8.97. The molecule has 3 aromatic rings. The van der Waals surface area contributed by atoms with Crippen LogP contribution < -0.4 is 9.64 Å². The average Bonchev–Trinajstić information content (AvgIpc) is 2.77. The van der Waals surface area contributed by atoms with Crippen molar-refractivity contribution in [3.05, 3.63) is 95.0 Å². The number of carbonyl (C=O) groups is 1. The molecule has 1 aliphatic heterocycles. The Kier molecular flexibility index (Phi) is 4.32. The van der Waals surface area contributed by atoms with Crippen molar-refractivity contribution in [3.8, 4) is 5.75 Å². The van der Waals surface area contributed by atoms with Gasteiger partial charge < -0.3 is 9.64 Å². The maximum Gasteiger partial charge on any atom is 0.385 e. The van der Waals surface area contributed by atoms with E-state index in [-0.39, 0.29) is 11.9 Å². The fourth-order valence-electron chi connectivity index (χ4n) is 3.98. The number of carbonyl (C=O) groups excluding carboxylic acids is 1. The summed E-state index contributed by atoms with van der Waals surface area (Å²) in [4.78, 5) is 18.4. The number of ether oxygens (including phenoxy) is 1. The van der Waals surface area contributed by atoms with Crippen LogP contribution in [-0.2, 0) is 10.2 Å². The Bertz CT molecular complexity index is 1060. The van der Waals surface area contributed by atoms with Gasteiger partial charge in [-0.2, -0.15) is 0 Å². The van der Waals surface area contributed by atoms with Crippen molar-refractivity contribution in [3.63, 3.8) is 0 Å². The summed E-state index contributed by atoms with van der Waals surface area (Å²) in [6, 6.07) is 24.4. The molecular weight excluding hydrogens is 350 g/mol. The van der Waals surface area contributed by atoms with E-state index in [1.165, 1.54) is 0 Å². The highest BCUT2D eigenvalue weighted by molar-refractivity contribution is 6.10. The van der Waals surface area contributed by atoms with Gasteiger partial charge in [0.1, 0.15) is 5.75 Å². The average molecular weight is 370 g/mol. The maximum absolute atomic E-state index is 13.4. The molecular formula is C23H20N3O2+. The van der Waals surface area contributed by atoms with Crippen LogP contribution in [0.2, 0.25) is 0 Å². The van der Waals surface area contributed by atoms with E-state index in [2.05, 4.69) is 4.98 Å². The van der Waals surface area contributed by atoms with Gasteiger partial charge in [-0.15, -0.1) is 0 Å². The standard InChI is InChI=1S/C23H20N3O2/c1-23(17-11-13-18(25-24)14-12-17)21(16-7-6-10-20(15-16)28-2)26(22(23)27)19-8-4-3-5-9-19/h3-15,21H,1-2H3/q+1/t21-,23-/m1/s1. The van der Waals surface area contributed by atoms with Crippen molar-refractivity contribution in [2.75, 3.05) is 12.0 Å². The smallest absolute Gasteiger partial charge is 0.385 e. The van der Waals surface area contributed by atoms with Crippen molar-refractivity contribution < 1.29 is 9.53 Å². The molecule has 0 unspecified atom stereocenters. The van der Waals surface area contributed by atoms with E-state index < -0.39 is 5.41 Å². The van der Waals surface area contributed by atoms with E-state index in [4.69, 9.17) is 10.1 Å². The van der Waals surface area contributed by atoms with Crippen LogP contribution in [0.3, 0.4) is 0 Å². The van der Waals surface area contributed by atoms with Gasteiger partial charge in [0, 0.05) is 17.8 Å². The molecule has 3 aromatic carbocycles. The van der Waals surface area contributed by atoms with Crippen LogP contribution in [0, 0.1) is 5.39 Å². The minimum Gasteiger partial charge on any atom is -0.497 e. The Morgan fingerprint density at radius 1 is 1.00 bits per heavy atom. The first-order valence-electron chi connectivity index (χ1n) is 9.08. The summed E-state index contributed by atoms with van der Waals surface area (Å²) < 4.78 is 5.40. The number of anilines is 1. The molecule has 0 saturated carbocycles. The zero-order valence-electron chi connectivity index (χ0n) is 15.7. The number of β-lactam (4-membered cyclic amide) rings is 1. The number of hydrogen-bond donors (Lipinski definition) is 0. The first kappa shape index (κ1) is 17.7. The first-order chi connectivity index (χ1) is 13.6. The second-order valence-corrected chi connectivity index (χ2v) is 7.04. The van der Waals surface area contributed by atoms with E-state index >= 15 is 0 Å². The second kappa shape index (κ2) is 6.82. The van der Waals surface area contributed by atoms with Crippen LogP contribution >= 0.6 is 0 Å². The molecule has 1 heterocycles. The quantitative estimate of drug-likeness (QED) is 0.467. The third-order valence-electron chi connectivity index (χ3n) is 5.49. The lowest BCUT2D eigenvalue weighted by Crippen LogP contribution is -2.65. The molecule has 2 atom stereocenters. The lowest BCUT2D eigenvalue weighted by atomic mass is 9.64. The lowest BCUT2D eigenvalue weighted by molar-refractivity contribution is -0.132. The van der Waals surface area contributed by atoms with Crippen LogP contribution in [0.1, 0.15) is 24.1 Å². The van der Waals surface area contributed by atoms with Crippen molar-refractivity contribution in [2.24, 2.45) is 0 Å². The number of benzene rings is 3. The van der Waals surface area contributed by atoms with Gasteiger partial charge in [-0.1, -0.05) is 30.3 Å². The van der Waals surface area contributed by atoms with Crippen LogP contribution in [-0.4, -0.2) is 13.0 Å². The van der Waals surface area contributed by atoms with Gasteiger partial charge in [0.2, 0.25) is 11.3 Å². The second-order valence-electron chi connectivity index (χ2n) is 7.04. The minimum absolute atomic E-state index is 0.0280. The number of nitrogens with zero attached hydrogens (tertiary/aromatic N) is 3. The molecule has 1 aliphatic rings. The molecule has 0 aliphatic carbocycles. The van der Waals surface area contributed by atoms with E-state index in [9.17, 15) is 4.79 Å². The summed E-state index contributed by atoms with van der Waals surface area (Å²) in [7, 11) is 1.64. The fraction of sp³-hybridized carbons (Fsp3) is 0.174. The minimum atomic E-state index is -0.740. The van der Waals surface area contributed by atoms with Gasteiger partial charge in [-0.25, -0.2) is 0 Å². The number of methoxy groups -OCH3 is 1. The summed E-state index contributed by atoms with van der Waals surface area (Å²) >= 11 is 0. The maximum atomic E-state index is 13.4. The number of para-hydroxylation sites is 1. The largest absolute Gasteiger partial charge is 0.497 e. The Labute approximate surface area is 163 Å². The molecule has 5 heteroatoms. The highest BCUT2D eigenvalue weighted by Gasteiger charge is 2.59. The molecule has 1 saturated heterocycles. The number of rotatable bonds is 4. The van der Waals surface area contributed by atoms with Crippen molar-refractivity contribution in [1.29, 1.82) is 5.39 Å². The van der Waals surface area contributed by atoms with Crippen LogP contribution in [0.15, 0.2) is 78.9 Å². The van der Waals surface area contributed by atoms with Gasteiger partial charge in [0.25, 0.3) is 0 Å². The van der Waals surface area contributed by atoms with E-state index in [1.54, 1.807) is 19.2 Å². The molecule has 0 radical (unpaired) electrons. The molecule has 4 rings (SSSR count). The van der Waals surface area contributed by atoms with Crippen molar-refractivity contribution in [2.45, 2.75) is 18.4 Å². The predicted octanol–water partition coefficient (Wildman–Crippen LogP) is 5.23. The third kappa shape index (κ3) is 2.62. The molecule has 5 nitrogen and oxygen atoms in total. The zero-order valence-corrected chi connectivity index (χ0v) is 15.7. The van der Waals surface area contributed by atoms with Crippen LogP contribution in [0.25, 0.3) is 4.98 Å². The van der Waals surface area contributed by atoms with Crippen molar-refractivity contribution >= 4 is 17.3 Å². The Morgan fingerprint density at radius 3 is 2.36 bits per heavy atom. The Balaban J connectivity index is 1.84. The Hall–Kier alpha value is -3.65. The van der Waals surface area contributed by atoms with Gasteiger partial charge in [0.05, 0.1) is 18.6 Å². The van der Waals surface area contributed by atoms with Gasteiger partial charge >= 0.3 is 5.69 Å². The molecule has 0 aromatic heterocycles. The normalized spacial score (nSPS) is 21.0. The summed E-state index contributed by atoms with van der Waals surface area (Å²) in [6.45, 7) is 1.96. The molecule has 28 heavy (non-hydrogen) atoms. The zero-order chi connectivity index (χ0) is 19.7. The molecule has 1 fully saturated rings. The lowest BCUT2D eigenvalue weighted by Gasteiger charge is -2.55. The van der Waals surface area contributed by atoms with E-state index in [1.807, 2.05) is 78.6 Å². The van der Waals surface area contributed by atoms with Gasteiger partial charge in [-0.05, 0) is 54.4 Å². The molecule has 0 spiro atoms. The van der Waals surface area contributed by atoms with Crippen LogP contribution in [0.5, 0.6) is 5.75 Å². The summed E-state index contributed by atoms with van der Waals surface area (Å²) in [6.07, 6.45) is 0. The fourth-order valence-corrected chi connectivity index (χ4v) is 3.98. The highest BCUT2D eigenvalue weighted by Crippen LogP contribution is 2.53. The van der Waals surface area contributed by atoms with E-state index in [0.29, 0.717) is 5.69 Å². The molecule has 1 amide bonds. The number of amides is 1. The molecule has 138 valence electrons. The summed E-state index contributed by atoms with van der Waals surface area (Å²) in [5.74, 6) is 0.779. The first-order valence-corrected chi connectivity index (χ1v) is 9.08. The third-order valence-corrected chi connectivity index (χ3v) is 5.49. The van der Waals surface area contributed by atoms with Gasteiger partial charge in [0.15, 0.2) is 4.98 Å². The predicted molar refractivity (Wildman–Crippen MR) is 108 cm³/mol. The SMILES string of the molecule is COc1cccc([C@H]2N(c3ccccc3)C(=O)[C@]2(C)c2ccc([N+]#N)cc2)c1. The number of diazo groups is 1. The highest BCUT2D eigenvalue weighted by atomic mass is 16.5. The number of hydrogen-bond acceptors (Lipinski definition) is 3. The topological polar surface area (TPSA) is 57.7 Å². The molecule has 0 N–H and O–H groups in total. The summed E-state index contributed by atoms with van der Waals surface area (Å²) in [5.41, 5.74) is 2.46. The Morgan fingerprint density at radius 2 is 1.71 bits per heavy atom. The molecule has 0 bridgehead atoms. The van der Waals surface area contributed by atoms with Crippen LogP contribution in [0.4, 0.5) is 11.4 Å². The van der Waals surface area contributed by atoms with Gasteiger partial charge in [-0.3, -0.25) is 4.79 Å². The monoisotopic (exact) mass is 370 g/mol. The van der Waals surface area contributed by atoms with E-state index in [0.717, 1.165) is 22.6 Å².